The van der Waals surface area contributed by atoms with Gasteiger partial charge in [-0.3, -0.25) is 0 Å². The molecule has 0 aliphatic heterocycles. The predicted molar refractivity (Wildman–Crippen MR) is 151 cm³/mol. The molecule has 2 aromatic heterocycles. The molecule has 0 saturated carbocycles. The third-order valence-electron chi connectivity index (χ3n) is 7.87. The van der Waals surface area contributed by atoms with Gasteiger partial charge >= 0.3 is 228 Å². The first kappa shape index (κ1) is 26.1. The Labute approximate surface area is 251 Å². The summed E-state index contributed by atoms with van der Waals surface area (Å²) in [6.45, 7) is 0. The van der Waals surface area contributed by atoms with Gasteiger partial charge in [-0.15, -0.1) is 0 Å². The molecule has 188 valence electrons. The first-order valence-electron chi connectivity index (χ1n) is 12.9. The molecular weight excluding hydrogens is 686 g/mol. The van der Waals surface area contributed by atoms with Crippen molar-refractivity contribution in [2.45, 2.75) is 7.35 Å². The van der Waals surface area contributed by atoms with Crippen LogP contribution >= 0.6 is 0 Å². The summed E-state index contributed by atoms with van der Waals surface area (Å²) in [6, 6.07) is 40.1. The summed E-state index contributed by atoms with van der Waals surface area (Å²) in [5, 5.41) is 2.57. The Hall–Kier alpha value is -3.11. The Balaban J connectivity index is 0.00000138. The van der Waals surface area contributed by atoms with Gasteiger partial charge in [-0.1, -0.05) is 0 Å². The van der Waals surface area contributed by atoms with E-state index in [0.717, 1.165) is 0 Å². The van der Waals surface area contributed by atoms with Gasteiger partial charge in [-0.05, 0) is 0 Å². The fourth-order valence-electron chi connectivity index (χ4n) is 6.10. The van der Waals surface area contributed by atoms with Crippen molar-refractivity contribution < 1.29 is 47.7 Å². The van der Waals surface area contributed by atoms with Gasteiger partial charge in [0.2, 0.25) is 0 Å². The minimum atomic E-state index is -1.37. The summed E-state index contributed by atoms with van der Waals surface area (Å²) in [5.41, 5.74) is 13.7. The largest absolute Gasteiger partial charge is 1.00 e. The maximum absolute atomic E-state index is 3.75. The molecule has 0 radical (unpaired) electrons. The summed E-state index contributed by atoms with van der Waals surface area (Å²) in [4.78, 5) is 7.50. The Bertz CT molecular complexity index is 1690. The smallest absolute Gasteiger partial charge is 1.00 e. The molecule has 4 aromatic carbocycles. The first-order valence-corrected chi connectivity index (χ1v) is 17.0. The van der Waals surface area contributed by atoms with Crippen LogP contribution in [0.1, 0.15) is 41.0 Å². The van der Waals surface area contributed by atoms with Crippen LogP contribution in [0.15, 0.2) is 109 Å². The van der Waals surface area contributed by atoms with E-state index in [1.807, 2.05) is 0 Å². The maximum Gasteiger partial charge on any atom is -1.00 e. The summed E-state index contributed by atoms with van der Waals surface area (Å²) < 4.78 is 1.02. The number of H-pyrrole nitrogens is 2. The Morgan fingerprint density at radius 3 is 1.36 bits per heavy atom. The monoisotopic (exact) mass is 710 g/mol. The Morgan fingerprint density at radius 2 is 0.897 bits per heavy atom. The zero-order valence-corrected chi connectivity index (χ0v) is 26.1. The van der Waals surface area contributed by atoms with E-state index < -0.39 is 22.9 Å². The normalized spacial score (nSPS) is 17.0. The van der Waals surface area contributed by atoms with Gasteiger partial charge in [0.25, 0.3) is 0 Å². The standard InChI is InChI=1S/2C17H12N.2ClH.Hf/c2*1-2-6-13-10-15(9-12(13)5-1)17-11-14-7-3-4-8-16(14)18-17;;;/h2*1-11,18H;2*1H;/q;;;;+2/p-2. The van der Waals surface area contributed by atoms with Crippen molar-refractivity contribution in [3.05, 3.63) is 143 Å². The van der Waals surface area contributed by atoms with Crippen molar-refractivity contribution >= 4 is 45.1 Å². The molecule has 0 fully saturated rings. The van der Waals surface area contributed by atoms with Gasteiger partial charge in [0, 0.05) is 0 Å². The molecule has 6 aromatic rings. The van der Waals surface area contributed by atoms with Gasteiger partial charge in [-0.2, -0.15) is 0 Å². The number of allylic oxidation sites excluding steroid dienone is 2. The molecule has 0 bridgehead atoms. The fraction of sp³-hybridized carbons (Fsp3) is 0.0588. The molecule has 2 unspecified atom stereocenters. The molecule has 2 nitrogen and oxygen atoms in total. The third kappa shape index (κ3) is 4.37. The third-order valence-corrected chi connectivity index (χ3v) is 14.7. The average Bonchev–Trinajstić information content (AvgIpc) is 3.71. The van der Waals surface area contributed by atoms with Crippen LogP contribution in [0.25, 0.3) is 45.1 Å². The predicted octanol–water partition coefficient (Wildman–Crippen LogP) is 2.63. The topological polar surface area (TPSA) is 31.6 Å². The van der Waals surface area contributed by atoms with Crippen LogP contribution in [0, 0.1) is 0 Å². The van der Waals surface area contributed by atoms with Gasteiger partial charge in [-0.25, -0.2) is 0 Å². The number of hydrogen-bond acceptors (Lipinski definition) is 0. The van der Waals surface area contributed by atoms with Crippen LogP contribution in [0.5, 0.6) is 0 Å². The van der Waals surface area contributed by atoms with Crippen molar-refractivity contribution in [3.63, 3.8) is 0 Å². The van der Waals surface area contributed by atoms with Gasteiger partial charge in [0.05, 0.1) is 0 Å². The van der Waals surface area contributed by atoms with E-state index in [1.165, 1.54) is 66.6 Å². The van der Waals surface area contributed by atoms with Crippen LogP contribution in [0.3, 0.4) is 0 Å². The zero-order chi connectivity index (χ0) is 24.3. The molecule has 2 aliphatic rings. The van der Waals surface area contributed by atoms with E-state index in [4.69, 9.17) is 0 Å². The second-order valence-corrected chi connectivity index (χ2v) is 15.4. The molecule has 39 heavy (non-hydrogen) atoms. The number of benzene rings is 4. The number of hydrogen-bond donors (Lipinski definition) is 2. The Kier molecular flexibility index (Phi) is 7.01. The molecule has 8 rings (SSSR count). The number of fused-ring (bicyclic) bond motifs is 4. The SMILES string of the molecule is C1=C(c2cc3ccccc3[nH]2)[CH]([Hf+2][CH]2C(c3cc4ccccc4[nH]3)=Cc3ccccc32)c2ccccc21.[Cl-].[Cl-]. The van der Waals surface area contributed by atoms with Crippen molar-refractivity contribution in [1.29, 1.82) is 0 Å². The minimum Gasteiger partial charge on any atom is -1.00 e. The zero-order valence-electron chi connectivity index (χ0n) is 21.0. The minimum absolute atomic E-state index is 0. The van der Waals surface area contributed by atoms with Crippen molar-refractivity contribution in [1.82, 2.24) is 9.97 Å². The number of para-hydroxylation sites is 2. The van der Waals surface area contributed by atoms with Crippen LogP contribution in [-0.2, 0) is 22.9 Å². The van der Waals surface area contributed by atoms with Crippen LogP contribution < -0.4 is 24.8 Å². The summed E-state index contributed by atoms with van der Waals surface area (Å²) >= 11 is -1.37. The summed E-state index contributed by atoms with van der Waals surface area (Å²) in [5.74, 6) is 0. The fourth-order valence-corrected chi connectivity index (χ4v) is 13.5. The number of nitrogens with one attached hydrogen (secondary N) is 2. The summed E-state index contributed by atoms with van der Waals surface area (Å²) in [6.07, 6.45) is 4.90. The number of aromatic amines is 2. The molecule has 0 saturated heterocycles. The molecule has 0 amide bonds. The van der Waals surface area contributed by atoms with E-state index in [1.54, 1.807) is 0 Å². The molecule has 2 N–H and O–H groups in total. The van der Waals surface area contributed by atoms with E-state index in [9.17, 15) is 0 Å². The molecule has 2 heterocycles. The second kappa shape index (κ2) is 10.5. The molecule has 2 aliphatic carbocycles. The van der Waals surface area contributed by atoms with Gasteiger partial charge in [0.15, 0.2) is 0 Å². The maximum atomic E-state index is 3.75. The first-order chi connectivity index (χ1) is 18.3. The van der Waals surface area contributed by atoms with E-state index in [-0.39, 0.29) is 24.8 Å². The Morgan fingerprint density at radius 1 is 0.487 bits per heavy atom. The van der Waals surface area contributed by atoms with E-state index in [0.29, 0.717) is 7.35 Å². The van der Waals surface area contributed by atoms with Crippen molar-refractivity contribution in [2.75, 3.05) is 0 Å². The van der Waals surface area contributed by atoms with E-state index in [2.05, 4.69) is 131 Å². The van der Waals surface area contributed by atoms with Crippen molar-refractivity contribution in [2.24, 2.45) is 0 Å². The van der Waals surface area contributed by atoms with Crippen LogP contribution in [0.2, 0.25) is 0 Å². The van der Waals surface area contributed by atoms with Crippen LogP contribution in [-0.4, -0.2) is 9.97 Å². The average molecular weight is 710 g/mol. The molecular formula is C34H24Cl2HfN2. The van der Waals surface area contributed by atoms with Gasteiger partial charge in [0.1, 0.15) is 0 Å². The number of halogens is 2. The number of aromatic nitrogens is 2. The molecule has 5 heteroatoms. The van der Waals surface area contributed by atoms with E-state index >= 15 is 0 Å². The van der Waals surface area contributed by atoms with Crippen molar-refractivity contribution in [3.8, 4) is 0 Å². The molecule has 2 atom stereocenters. The van der Waals surface area contributed by atoms with Crippen LogP contribution in [0.4, 0.5) is 0 Å². The number of rotatable bonds is 4. The molecule has 0 spiro atoms. The second-order valence-electron chi connectivity index (χ2n) is 10.0. The summed E-state index contributed by atoms with van der Waals surface area (Å²) in [7, 11) is 0. The quantitative estimate of drug-likeness (QED) is 0.264. The van der Waals surface area contributed by atoms with Gasteiger partial charge < -0.3 is 24.8 Å².